The Balaban J connectivity index is 1.80. The van der Waals surface area contributed by atoms with Crippen molar-refractivity contribution in [1.29, 1.82) is 0 Å². The minimum Gasteiger partial charge on any atom is -0.455 e. The molecule has 1 fully saturated rings. The number of hydrogen-bond acceptors (Lipinski definition) is 5. The van der Waals surface area contributed by atoms with Crippen LogP contribution in [0.3, 0.4) is 0 Å². The zero-order valence-electron chi connectivity index (χ0n) is 10.3. The summed E-state index contributed by atoms with van der Waals surface area (Å²) in [6.07, 6.45) is 0.312. The quantitative estimate of drug-likeness (QED) is 0.680. The number of carbonyl (C=O) groups excluding carboxylic acids is 2. The normalized spacial score (nSPS) is 23.8. The van der Waals surface area contributed by atoms with Crippen molar-refractivity contribution in [2.75, 3.05) is 11.9 Å². The molecule has 0 aromatic carbocycles. The second-order valence-corrected chi connectivity index (χ2v) is 6.14. The summed E-state index contributed by atoms with van der Waals surface area (Å²) in [4.78, 5) is 23.2. The van der Waals surface area contributed by atoms with Gasteiger partial charge < -0.3 is 14.6 Å². The Kier molecular flexibility index (Phi) is 3.49. The predicted octanol–water partition coefficient (Wildman–Crippen LogP) is 2.05. The molecule has 0 radical (unpaired) electrons. The highest BCUT2D eigenvalue weighted by Crippen LogP contribution is 2.64. The molecule has 1 N–H and O–H groups in total. The molecule has 104 valence electrons. The summed E-state index contributed by atoms with van der Waals surface area (Å²) in [7, 11) is 0. The van der Waals surface area contributed by atoms with Crippen molar-refractivity contribution in [3.05, 3.63) is 11.8 Å². The number of amides is 1. The van der Waals surface area contributed by atoms with Crippen LogP contribution in [0.25, 0.3) is 0 Å². The molecule has 1 saturated carbocycles. The fourth-order valence-electron chi connectivity index (χ4n) is 1.52. The van der Waals surface area contributed by atoms with E-state index in [1.54, 1.807) is 19.9 Å². The van der Waals surface area contributed by atoms with Crippen LogP contribution in [-0.2, 0) is 14.3 Å². The summed E-state index contributed by atoms with van der Waals surface area (Å²) in [5.74, 6) is -0.281. The lowest BCUT2D eigenvalue weighted by Crippen LogP contribution is -2.26. The number of aromatic nitrogens is 1. The first-order valence-electron chi connectivity index (χ1n) is 5.53. The lowest BCUT2D eigenvalue weighted by Gasteiger charge is -2.11. The van der Waals surface area contributed by atoms with Gasteiger partial charge in [0.05, 0.1) is 0 Å². The Hall–Kier alpha value is -1.27. The molecule has 1 heterocycles. The molecule has 8 heteroatoms. The van der Waals surface area contributed by atoms with Crippen LogP contribution in [0.4, 0.5) is 5.82 Å². The van der Waals surface area contributed by atoms with Crippen LogP contribution >= 0.6 is 23.2 Å². The van der Waals surface area contributed by atoms with E-state index in [2.05, 4.69) is 10.5 Å². The highest BCUT2D eigenvalue weighted by Gasteiger charge is 2.69. The molecule has 1 aromatic heterocycles. The van der Waals surface area contributed by atoms with Crippen molar-refractivity contribution in [3.63, 3.8) is 0 Å². The van der Waals surface area contributed by atoms with Gasteiger partial charge in [-0.1, -0.05) is 5.16 Å². The molecule has 2 rings (SSSR count). The van der Waals surface area contributed by atoms with E-state index in [0.717, 1.165) is 0 Å². The van der Waals surface area contributed by atoms with Crippen molar-refractivity contribution < 1.29 is 18.8 Å². The first-order valence-corrected chi connectivity index (χ1v) is 6.28. The van der Waals surface area contributed by atoms with Gasteiger partial charge in [-0.15, -0.1) is 23.2 Å². The van der Waals surface area contributed by atoms with Crippen LogP contribution in [0.15, 0.2) is 10.6 Å². The number of hydrogen-bond donors (Lipinski definition) is 1. The Morgan fingerprint density at radius 2 is 2.21 bits per heavy atom. The first kappa shape index (κ1) is 14.1. The van der Waals surface area contributed by atoms with E-state index in [0.29, 0.717) is 12.2 Å². The first-order chi connectivity index (χ1) is 8.74. The van der Waals surface area contributed by atoms with Crippen LogP contribution in [0.1, 0.15) is 19.1 Å². The van der Waals surface area contributed by atoms with Crippen molar-refractivity contribution in [2.24, 2.45) is 5.41 Å². The monoisotopic (exact) mass is 306 g/mol. The van der Waals surface area contributed by atoms with Gasteiger partial charge in [-0.05, 0) is 13.8 Å². The van der Waals surface area contributed by atoms with Gasteiger partial charge >= 0.3 is 5.97 Å². The number of nitrogens with zero attached hydrogens (tertiary/aromatic N) is 1. The van der Waals surface area contributed by atoms with Crippen LogP contribution in [0.5, 0.6) is 0 Å². The van der Waals surface area contributed by atoms with Crippen LogP contribution < -0.4 is 5.32 Å². The van der Waals surface area contributed by atoms with E-state index >= 15 is 0 Å². The van der Waals surface area contributed by atoms with Crippen molar-refractivity contribution in [1.82, 2.24) is 5.16 Å². The molecule has 1 aliphatic rings. The van der Waals surface area contributed by atoms with Crippen LogP contribution in [0, 0.1) is 12.3 Å². The average Bonchev–Trinajstić information content (AvgIpc) is 2.65. The number of carbonyl (C=O) groups is 2. The molecule has 0 saturated heterocycles. The number of alkyl halides is 2. The van der Waals surface area contributed by atoms with Crippen molar-refractivity contribution in [2.45, 2.75) is 24.6 Å². The Morgan fingerprint density at radius 1 is 1.58 bits per heavy atom. The number of nitrogens with one attached hydrogen (secondary N) is 1. The number of esters is 1. The second-order valence-electron chi connectivity index (χ2n) is 4.66. The van der Waals surface area contributed by atoms with Gasteiger partial charge in [-0.25, -0.2) is 0 Å². The van der Waals surface area contributed by atoms with Gasteiger partial charge in [0.1, 0.15) is 15.5 Å². The van der Waals surface area contributed by atoms with E-state index in [4.69, 9.17) is 32.5 Å². The van der Waals surface area contributed by atoms with E-state index < -0.39 is 28.2 Å². The zero-order valence-corrected chi connectivity index (χ0v) is 11.8. The van der Waals surface area contributed by atoms with Crippen LogP contribution in [-0.4, -0.2) is 28.0 Å². The second kappa shape index (κ2) is 4.68. The molecular formula is C11H12Cl2N2O4. The van der Waals surface area contributed by atoms with Gasteiger partial charge in [0.2, 0.25) is 0 Å². The summed E-state index contributed by atoms with van der Waals surface area (Å²) >= 11 is 11.7. The number of ether oxygens (including phenoxy) is 1. The zero-order chi connectivity index (χ0) is 14.3. The third kappa shape index (κ3) is 2.84. The number of anilines is 1. The van der Waals surface area contributed by atoms with Crippen molar-refractivity contribution >= 4 is 40.9 Å². The Morgan fingerprint density at radius 3 is 2.68 bits per heavy atom. The fraction of sp³-hybridized carbons (Fsp3) is 0.545. The maximum atomic E-state index is 11.7. The standard InChI is InChI=1S/C11H12Cl2N2O4/c1-6-3-7(15-19-6)14-8(16)4-18-9(17)10(2)5-11(10,12)13/h3H,4-5H2,1-2H3,(H,14,15,16)/t10-/m1/s1. The smallest absolute Gasteiger partial charge is 0.315 e. The van der Waals surface area contributed by atoms with E-state index in [1.165, 1.54) is 0 Å². The highest BCUT2D eigenvalue weighted by molar-refractivity contribution is 6.53. The summed E-state index contributed by atoms with van der Waals surface area (Å²) in [5, 5.41) is 6.00. The lowest BCUT2D eigenvalue weighted by molar-refractivity contribution is -0.152. The van der Waals surface area contributed by atoms with Gasteiger partial charge in [0.15, 0.2) is 12.4 Å². The molecular weight excluding hydrogens is 295 g/mol. The summed E-state index contributed by atoms with van der Waals surface area (Å²) in [5.41, 5.74) is -0.944. The molecule has 1 amide bonds. The third-order valence-corrected chi connectivity index (χ3v) is 4.04. The molecule has 1 aromatic rings. The Bertz CT molecular complexity index is 529. The topological polar surface area (TPSA) is 81.4 Å². The number of halogens is 2. The SMILES string of the molecule is Cc1cc(NC(=O)COC(=O)[C@@]2(C)CC2(Cl)Cl)no1. The molecule has 0 aliphatic heterocycles. The summed E-state index contributed by atoms with van der Waals surface area (Å²) in [6.45, 7) is 2.86. The van der Waals surface area contributed by atoms with Gasteiger partial charge in [-0.3, -0.25) is 9.59 Å². The van der Waals surface area contributed by atoms with Crippen LogP contribution in [0.2, 0.25) is 0 Å². The van der Waals surface area contributed by atoms with E-state index in [1.807, 2.05) is 0 Å². The summed E-state index contributed by atoms with van der Waals surface area (Å²) in [6, 6.07) is 1.55. The number of rotatable bonds is 4. The fourth-order valence-corrected chi connectivity index (χ4v) is 2.20. The highest BCUT2D eigenvalue weighted by atomic mass is 35.5. The maximum absolute atomic E-state index is 11.7. The lowest BCUT2D eigenvalue weighted by atomic mass is 10.1. The molecule has 1 atom stereocenters. The van der Waals surface area contributed by atoms with Gasteiger partial charge in [0, 0.05) is 12.5 Å². The molecule has 0 bridgehead atoms. The molecule has 6 nitrogen and oxygen atoms in total. The van der Waals surface area contributed by atoms with Gasteiger partial charge in [-0.2, -0.15) is 0 Å². The molecule has 19 heavy (non-hydrogen) atoms. The van der Waals surface area contributed by atoms with Crippen molar-refractivity contribution in [3.8, 4) is 0 Å². The van der Waals surface area contributed by atoms with Gasteiger partial charge in [0.25, 0.3) is 5.91 Å². The van der Waals surface area contributed by atoms with E-state index in [-0.39, 0.29) is 5.82 Å². The minimum atomic E-state index is -1.11. The Labute approximate surface area is 119 Å². The molecule has 0 unspecified atom stereocenters. The molecule has 1 aliphatic carbocycles. The summed E-state index contributed by atoms with van der Waals surface area (Å²) < 4.78 is 8.53. The predicted molar refractivity (Wildman–Crippen MR) is 68.0 cm³/mol. The largest absolute Gasteiger partial charge is 0.455 e. The molecule has 0 spiro atoms. The van der Waals surface area contributed by atoms with E-state index in [9.17, 15) is 9.59 Å². The minimum absolute atomic E-state index is 0.264. The third-order valence-electron chi connectivity index (χ3n) is 2.94. The average molecular weight is 307 g/mol. The maximum Gasteiger partial charge on any atom is 0.315 e. The number of aryl methyl sites for hydroxylation is 1.